The predicted octanol–water partition coefficient (Wildman–Crippen LogP) is 6.74. The molecule has 13 heteroatoms. The minimum absolute atomic E-state index is 0.358. The summed E-state index contributed by atoms with van der Waals surface area (Å²) in [6.07, 6.45) is 0. The summed E-state index contributed by atoms with van der Waals surface area (Å²) < 4.78 is 9.10. The highest BCUT2D eigenvalue weighted by Crippen LogP contribution is 2.51. The normalized spacial score (nSPS) is 12.7. The lowest BCUT2D eigenvalue weighted by molar-refractivity contribution is -0.0172. The van der Waals surface area contributed by atoms with Crippen molar-refractivity contribution in [3.8, 4) is 0 Å². The number of rotatable bonds is 5. The molecule has 2 rings (SSSR count). The first kappa shape index (κ1) is 25.2. The first-order valence-electron chi connectivity index (χ1n) is 6.76. The van der Waals surface area contributed by atoms with Crippen LogP contribution in [0.3, 0.4) is 0 Å². The number of hydrogen-bond acceptors (Lipinski definition) is 4. The fraction of sp³-hybridized carbons (Fsp3) is 0.143. The molecule has 0 atom stereocenters. The minimum atomic E-state index is -5.09. The van der Waals surface area contributed by atoms with Crippen molar-refractivity contribution in [1.29, 1.82) is 0 Å². The molecule has 0 saturated heterocycles. The molecule has 0 aliphatic heterocycles. The van der Waals surface area contributed by atoms with Gasteiger partial charge in [-0.2, -0.15) is 0 Å². The Balaban J connectivity index is 2.97. The molecule has 4 nitrogen and oxygen atoms in total. The second kappa shape index (κ2) is 9.62. The van der Waals surface area contributed by atoms with Crippen LogP contribution in [-0.4, -0.2) is 28.3 Å². The van der Waals surface area contributed by atoms with Crippen molar-refractivity contribution in [3.63, 3.8) is 0 Å². The van der Waals surface area contributed by atoms with Gasteiger partial charge in [0.1, 0.15) is 10.4 Å². The Morgan fingerprint density at radius 1 is 0.741 bits per heavy atom. The summed E-state index contributed by atoms with van der Waals surface area (Å²) in [7, 11) is -5.09. The highest BCUT2D eigenvalue weighted by atomic mass is 79.9. The zero-order chi connectivity index (χ0) is 20.7. The summed E-state index contributed by atoms with van der Waals surface area (Å²) in [6, 6.07) is 6.68. The molecule has 0 saturated carbocycles. The van der Waals surface area contributed by atoms with Crippen molar-refractivity contribution in [2.45, 2.75) is 10.4 Å². The van der Waals surface area contributed by atoms with E-state index in [1.807, 2.05) is 0 Å². The van der Waals surface area contributed by atoms with Gasteiger partial charge < -0.3 is 18.8 Å². The lowest BCUT2D eigenvalue weighted by Crippen LogP contribution is -2.51. The van der Waals surface area contributed by atoms with E-state index in [2.05, 4.69) is 95.6 Å². The van der Waals surface area contributed by atoms with Gasteiger partial charge >= 0.3 is 9.05 Å². The maximum atomic E-state index is 9.79. The van der Waals surface area contributed by atoms with Gasteiger partial charge in [0, 0.05) is 38.0 Å². The predicted molar refractivity (Wildman–Crippen MR) is 129 cm³/mol. The number of alkyl halides is 2. The third-order valence-corrected chi connectivity index (χ3v) is 11.4. The summed E-state index contributed by atoms with van der Waals surface area (Å²) in [5, 5.41) is 0. The van der Waals surface area contributed by atoms with Crippen LogP contribution in [0.1, 0.15) is 11.1 Å². The standard InChI is InChI=1S/C14H8Br6Cl2O4Si/c15-7-3-1-5(9(17)11(7)19)14(13(21)22,26-27(23,24)25)6-2-4-8(16)12(20)10(6)18/h1-4,13,23-25H. The maximum Gasteiger partial charge on any atom is 0.672 e. The van der Waals surface area contributed by atoms with E-state index >= 15 is 0 Å². The molecule has 0 unspecified atom stereocenters. The van der Waals surface area contributed by atoms with E-state index in [-0.39, 0.29) is 0 Å². The van der Waals surface area contributed by atoms with E-state index in [9.17, 15) is 14.4 Å². The fourth-order valence-electron chi connectivity index (χ4n) is 2.38. The third-order valence-electron chi connectivity index (χ3n) is 3.48. The topological polar surface area (TPSA) is 69.9 Å². The van der Waals surface area contributed by atoms with Crippen molar-refractivity contribution >= 4 is 128 Å². The third kappa shape index (κ3) is 5.24. The van der Waals surface area contributed by atoms with Gasteiger partial charge in [0.2, 0.25) is 0 Å². The van der Waals surface area contributed by atoms with E-state index in [1.165, 1.54) is 0 Å². The second-order valence-corrected chi connectivity index (χ2v) is 12.5. The van der Waals surface area contributed by atoms with Gasteiger partial charge in [-0.05, 0) is 108 Å². The molecule has 0 aliphatic carbocycles. The Labute approximate surface area is 216 Å². The van der Waals surface area contributed by atoms with Crippen molar-refractivity contribution < 1.29 is 18.8 Å². The average Bonchev–Trinajstić information content (AvgIpc) is 2.55. The molecule has 0 heterocycles. The number of benzene rings is 2. The molecule has 0 spiro atoms. The summed E-state index contributed by atoms with van der Waals surface area (Å²) in [5.74, 6) is 0. The van der Waals surface area contributed by atoms with Crippen LogP contribution in [0.15, 0.2) is 51.1 Å². The molecule has 0 radical (unpaired) electrons. The molecule has 0 amide bonds. The zero-order valence-corrected chi connectivity index (χ0v) is 24.7. The van der Waals surface area contributed by atoms with E-state index in [0.29, 0.717) is 29.0 Å². The van der Waals surface area contributed by atoms with Gasteiger partial charge in [0.05, 0.1) is 0 Å². The maximum absolute atomic E-state index is 9.79. The van der Waals surface area contributed by atoms with Crippen molar-refractivity contribution in [3.05, 3.63) is 62.2 Å². The molecule has 3 N–H and O–H groups in total. The van der Waals surface area contributed by atoms with Crippen LogP contribution in [0, 0.1) is 0 Å². The molecular weight excluding hydrogens is 811 g/mol. The zero-order valence-electron chi connectivity index (χ0n) is 12.7. The lowest BCUT2D eigenvalue weighted by Gasteiger charge is -2.39. The largest absolute Gasteiger partial charge is 0.672 e. The lowest BCUT2D eigenvalue weighted by atomic mass is 9.88. The molecule has 0 bridgehead atoms. The molecule has 2 aromatic carbocycles. The van der Waals surface area contributed by atoms with Gasteiger partial charge in [-0.25, -0.2) is 0 Å². The second-order valence-electron chi connectivity index (χ2n) is 5.16. The van der Waals surface area contributed by atoms with E-state index < -0.39 is 19.5 Å². The van der Waals surface area contributed by atoms with Crippen molar-refractivity contribution in [2.75, 3.05) is 0 Å². The molecule has 0 aliphatic rings. The molecule has 27 heavy (non-hydrogen) atoms. The smallest absolute Gasteiger partial charge is 0.368 e. The molecule has 148 valence electrons. The van der Waals surface area contributed by atoms with Crippen LogP contribution in [0.5, 0.6) is 0 Å². The van der Waals surface area contributed by atoms with E-state index in [4.69, 9.17) is 27.6 Å². The van der Waals surface area contributed by atoms with Gasteiger partial charge in [0.25, 0.3) is 0 Å². The van der Waals surface area contributed by atoms with Crippen LogP contribution in [0.25, 0.3) is 0 Å². The molecule has 2 aromatic rings. The first-order valence-corrected chi connectivity index (χ1v) is 14.1. The van der Waals surface area contributed by atoms with Crippen LogP contribution >= 0.6 is 119 Å². The quantitative estimate of drug-likeness (QED) is 0.178. The highest BCUT2D eigenvalue weighted by molar-refractivity contribution is 9.15. The highest BCUT2D eigenvalue weighted by Gasteiger charge is 2.52. The Bertz CT molecular complexity index is 820. The van der Waals surface area contributed by atoms with Crippen LogP contribution < -0.4 is 0 Å². The summed E-state index contributed by atoms with van der Waals surface area (Å²) >= 11 is 33.2. The summed E-state index contributed by atoms with van der Waals surface area (Å²) in [6.45, 7) is 0. The molecular formula is C14H8Br6Cl2O4Si. The molecule has 0 aromatic heterocycles. The Kier molecular flexibility index (Phi) is 8.98. The van der Waals surface area contributed by atoms with Crippen LogP contribution in [-0.2, 0) is 10.0 Å². The van der Waals surface area contributed by atoms with Gasteiger partial charge in [0.15, 0.2) is 0 Å². The van der Waals surface area contributed by atoms with Gasteiger partial charge in [-0.1, -0.05) is 12.1 Å². The first-order chi connectivity index (χ1) is 12.3. The van der Waals surface area contributed by atoms with Crippen molar-refractivity contribution in [2.24, 2.45) is 0 Å². The number of hydrogen-bond donors (Lipinski definition) is 3. The SMILES string of the molecule is O[Si](O)(O)OC(c1ccc(Br)c(Br)c1Br)(c1ccc(Br)c(Br)c1Br)C(Cl)Cl. The Hall–Kier alpha value is 1.96. The van der Waals surface area contributed by atoms with Gasteiger partial charge in [-0.15, -0.1) is 23.2 Å². The summed E-state index contributed by atoms with van der Waals surface area (Å²) in [4.78, 5) is 28.0. The minimum Gasteiger partial charge on any atom is -0.368 e. The number of halogens is 8. The average molecular weight is 819 g/mol. The monoisotopic (exact) mass is 811 g/mol. The molecule has 0 fully saturated rings. The van der Waals surface area contributed by atoms with Crippen molar-refractivity contribution in [1.82, 2.24) is 0 Å². The summed E-state index contributed by atoms with van der Waals surface area (Å²) in [5.41, 5.74) is -1.12. The Morgan fingerprint density at radius 3 is 1.41 bits per heavy atom. The van der Waals surface area contributed by atoms with E-state index in [1.54, 1.807) is 24.3 Å². The van der Waals surface area contributed by atoms with Gasteiger partial charge in [-0.3, -0.25) is 0 Å². The van der Waals surface area contributed by atoms with E-state index in [0.717, 1.165) is 8.95 Å². The van der Waals surface area contributed by atoms with Crippen LogP contribution in [0.2, 0.25) is 0 Å². The fourth-order valence-corrected chi connectivity index (χ4v) is 7.02. The van der Waals surface area contributed by atoms with Crippen LogP contribution in [0.4, 0.5) is 0 Å². The Morgan fingerprint density at radius 2 is 1.11 bits per heavy atom.